The Labute approximate surface area is 205 Å². The van der Waals surface area contributed by atoms with Gasteiger partial charge in [0.1, 0.15) is 0 Å². The quantitative estimate of drug-likeness (QED) is 0.469. The van der Waals surface area contributed by atoms with Crippen molar-refractivity contribution in [3.63, 3.8) is 0 Å². The fourth-order valence-corrected chi connectivity index (χ4v) is 5.43. The number of amides is 1. The number of piperidine rings is 1. The highest BCUT2D eigenvalue weighted by molar-refractivity contribution is 7.99. The number of hydrogen-bond donors (Lipinski definition) is 1. The van der Waals surface area contributed by atoms with Crippen molar-refractivity contribution in [2.45, 2.75) is 70.2 Å². The van der Waals surface area contributed by atoms with Crippen LogP contribution in [0.25, 0.3) is 0 Å². The molecule has 0 bridgehead atoms. The van der Waals surface area contributed by atoms with Gasteiger partial charge in [0.15, 0.2) is 5.16 Å². The van der Waals surface area contributed by atoms with E-state index in [1.807, 2.05) is 29.8 Å². The number of carbonyl (C=O) groups excluding carboxylic acids is 1. The van der Waals surface area contributed by atoms with Gasteiger partial charge in [-0.1, -0.05) is 42.1 Å². The molecular weight excluding hydrogens is 446 g/mol. The lowest BCUT2D eigenvalue weighted by Gasteiger charge is -2.27. The Balaban J connectivity index is 1.18. The predicted molar refractivity (Wildman–Crippen MR) is 134 cm³/mol. The largest absolute Gasteiger partial charge is 0.351 e. The lowest BCUT2D eigenvalue weighted by molar-refractivity contribution is -0.118. The first-order chi connectivity index (χ1) is 16.6. The van der Waals surface area contributed by atoms with Gasteiger partial charge < -0.3 is 10.2 Å². The van der Waals surface area contributed by atoms with Crippen molar-refractivity contribution in [1.29, 1.82) is 0 Å². The molecule has 1 N–H and O–H groups in total. The Hall–Kier alpha value is -2.81. The van der Waals surface area contributed by atoms with Crippen molar-refractivity contribution in [3.8, 4) is 0 Å². The maximum absolute atomic E-state index is 12.7. The molecule has 1 amide bonds. The monoisotopic (exact) mass is 479 g/mol. The molecule has 180 valence electrons. The Morgan fingerprint density at radius 2 is 1.85 bits per heavy atom. The van der Waals surface area contributed by atoms with Gasteiger partial charge in [-0.3, -0.25) is 14.0 Å². The highest BCUT2D eigenvalue weighted by Gasteiger charge is 2.32. The fraction of sp³-hybridized carbons (Fsp3) is 0.520. The number of aryl methyl sites for hydroxylation is 1. The van der Waals surface area contributed by atoms with E-state index in [0.29, 0.717) is 18.3 Å². The van der Waals surface area contributed by atoms with Crippen molar-refractivity contribution in [3.05, 3.63) is 52.8 Å². The summed E-state index contributed by atoms with van der Waals surface area (Å²) in [5, 5.41) is 17.6. The molecule has 1 aromatic carbocycles. The smallest absolute Gasteiger partial charge is 0.230 e. The van der Waals surface area contributed by atoms with Crippen molar-refractivity contribution >= 4 is 23.6 Å². The van der Waals surface area contributed by atoms with Gasteiger partial charge in [-0.15, -0.1) is 10.2 Å². The maximum Gasteiger partial charge on any atom is 0.230 e. The van der Waals surface area contributed by atoms with Crippen LogP contribution in [0.1, 0.15) is 60.7 Å². The Bertz CT molecular complexity index is 1130. The van der Waals surface area contributed by atoms with Gasteiger partial charge in [0.25, 0.3) is 0 Å². The molecular formula is C25H33N7OS. The van der Waals surface area contributed by atoms with Gasteiger partial charge in [-0.05, 0) is 51.5 Å². The van der Waals surface area contributed by atoms with E-state index in [-0.39, 0.29) is 5.91 Å². The second kappa shape index (κ2) is 10.2. The number of nitrogens with zero attached hydrogens (tertiary/aromatic N) is 6. The van der Waals surface area contributed by atoms with Crippen LogP contribution in [0.5, 0.6) is 0 Å². The zero-order valence-corrected chi connectivity index (χ0v) is 20.9. The number of nitrogens with one attached hydrogen (secondary N) is 1. The zero-order chi connectivity index (χ0) is 23.5. The summed E-state index contributed by atoms with van der Waals surface area (Å²) in [6.07, 6.45) is 6.06. The van der Waals surface area contributed by atoms with Gasteiger partial charge in [0, 0.05) is 36.9 Å². The second-order valence-electron chi connectivity index (χ2n) is 9.29. The van der Waals surface area contributed by atoms with Crippen LogP contribution in [0.3, 0.4) is 0 Å². The number of benzene rings is 1. The third kappa shape index (κ3) is 5.14. The minimum absolute atomic E-state index is 0.00415. The first-order valence-corrected chi connectivity index (χ1v) is 13.2. The van der Waals surface area contributed by atoms with Crippen LogP contribution in [0.4, 0.5) is 5.95 Å². The third-order valence-electron chi connectivity index (χ3n) is 6.70. The normalized spacial score (nSPS) is 16.1. The molecule has 0 atom stereocenters. The minimum Gasteiger partial charge on any atom is -0.351 e. The summed E-state index contributed by atoms with van der Waals surface area (Å²) in [5.41, 5.74) is 4.35. The zero-order valence-electron chi connectivity index (χ0n) is 20.0. The van der Waals surface area contributed by atoms with Crippen molar-refractivity contribution < 1.29 is 4.79 Å². The minimum atomic E-state index is 0.00415. The SMILES string of the molecule is Cc1nn(Cc2ccccc2)c(C)c1CNC(=O)CSc1nnc(N2CCCCC2)n1C1CC1. The summed E-state index contributed by atoms with van der Waals surface area (Å²) in [5.74, 6) is 1.33. The van der Waals surface area contributed by atoms with E-state index in [2.05, 4.69) is 44.0 Å². The average Bonchev–Trinajstić information content (AvgIpc) is 3.55. The van der Waals surface area contributed by atoms with E-state index in [9.17, 15) is 4.79 Å². The van der Waals surface area contributed by atoms with E-state index >= 15 is 0 Å². The van der Waals surface area contributed by atoms with Crippen LogP contribution in [0.2, 0.25) is 0 Å². The van der Waals surface area contributed by atoms with Crippen LogP contribution >= 0.6 is 11.8 Å². The van der Waals surface area contributed by atoms with Gasteiger partial charge in [-0.2, -0.15) is 5.10 Å². The Kier molecular flexibility index (Phi) is 6.89. The van der Waals surface area contributed by atoms with E-state index in [4.69, 9.17) is 5.10 Å². The molecule has 2 fully saturated rings. The lowest BCUT2D eigenvalue weighted by atomic mass is 10.1. The van der Waals surface area contributed by atoms with Gasteiger partial charge >= 0.3 is 0 Å². The molecule has 9 heteroatoms. The van der Waals surface area contributed by atoms with E-state index in [1.165, 1.54) is 49.4 Å². The second-order valence-corrected chi connectivity index (χ2v) is 10.2. The molecule has 0 spiro atoms. The molecule has 1 saturated heterocycles. The number of carbonyl (C=O) groups is 1. The predicted octanol–water partition coefficient (Wildman–Crippen LogP) is 3.87. The summed E-state index contributed by atoms with van der Waals surface area (Å²) >= 11 is 1.49. The third-order valence-corrected chi connectivity index (χ3v) is 7.64. The first-order valence-electron chi connectivity index (χ1n) is 12.3. The molecule has 1 aliphatic carbocycles. The number of aromatic nitrogens is 5. The van der Waals surface area contributed by atoms with Crippen LogP contribution in [-0.4, -0.2) is 49.3 Å². The van der Waals surface area contributed by atoms with Crippen molar-refractivity contribution in [2.24, 2.45) is 0 Å². The van der Waals surface area contributed by atoms with Crippen LogP contribution in [-0.2, 0) is 17.9 Å². The van der Waals surface area contributed by atoms with Gasteiger partial charge in [0.2, 0.25) is 11.9 Å². The summed E-state index contributed by atoms with van der Waals surface area (Å²) in [6, 6.07) is 10.8. The molecule has 3 heterocycles. The molecule has 34 heavy (non-hydrogen) atoms. The standard InChI is InChI=1S/C25H33N7OS/c1-18-22(19(2)31(29-18)16-20-9-5-3-6-10-20)15-26-23(33)17-34-25-28-27-24(32(25)21-11-12-21)30-13-7-4-8-14-30/h3,5-6,9-10,21H,4,7-8,11-17H2,1-2H3,(H,26,33). The van der Waals surface area contributed by atoms with Gasteiger partial charge in [0.05, 0.1) is 18.0 Å². The summed E-state index contributed by atoms with van der Waals surface area (Å²) in [6.45, 7) is 7.39. The van der Waals surface area contributed by atoms with Crippen LogP contribution in [0.15, 0.2) is 35.5 Å². The molecule has 3 aromatic rings. The van der Waals surface area contributed by atoms with Crippen molar-refractivity contribution in [2.75, 3.05) is 23.7 Å². The van der Waals surface area contributed by atoms with Crippen LogP contribution in [0, 0.1) is 13.8 Å². The van der Waals surface area contributed by atoms with E-state index in [0.717, 1.165) is 47.7 Å². The highest BCUT2D eigenvalue weighted by atomic mass is 32.2. The molecule has 2 aliphatic rings. The molecule has 0 radical (unpaired) electrons. The fourth-order valence-electron chi connectivity index (χ4n) is 4.60. The summed E-state index contributed by atoms with van der Waals surface area (Å²) in [7, 11) is 0. The number of rotatable bonds is 9. The summed E-state index contributed by atoms with van der Waals surface area (Å²) < 4.78 is 4.28. The van der Waals surface area contributed by atoms with Crippen molar-refractivity contribution in [1.82, 2.24) is 29.9 Å². The Morgan fingerprint density at radius 1 is 1.09 bits per heavy atom. The molecule has 2 aromatic heterocycles. The number of thioether (sulfide) groups is 1. The van der Waals surface area contributed by atoms with Gasteiger partial charge in [-0.25, -0.2) is 0 Å². The lowest BCUT2D eigenvalue weighted by Crippen LogP contribution is -2.32. The topological polar surface area (TPSA) is 80.9 Å². The Morgan fingerprint density at radius 3 is 2.59 bits per heavy atom. The number of hydrogen-bond acceptors (Lipinski definition) is 6. The molecule has 1 saturated carbocycles. The molecule has 0 unspecified atom stereocenters. The number of anilines is 1. The molecule has 8 nitrogen and oxygen atoms in total. The molecule has 5 rings (SSSR count). The van der Waals surface area contributed by atoms with E-state index in [1.54, 1.807) is 0 Å². The maximum atomic E-state index is 12.7. The first kappa shape index (κ1) is 23.0. The van der Waals surface area contributed by atoms with Crippen LogP contribution < -0.4 is 10.2 Å². The van der Waals surface area contributed by atoms with E-state index < -0.39 is 0 Å². The summed E-state index contributed by atoms with van der Waals surface area (Å²) in [4.78, 5) is 15.0. The highest BCUT2D eigenvalue weighted by Crippen LogP contribution is 2.41. The average molecular weight is 480 g/mol. The molecule has 1 aliphatic heterocycles.